The van der Waals surface area contributed by atoms with E-state index in [9.17, 15) is 19.2 Å². The Hall–Kier alpha value is -5.79. The van der Waals surface area contributed by atoms with Crippen molar-refractivity contribution < 1.29 is 9.59 Å². The number of carbonyl (C=O) groups excluding carboxylic acids is 2. The predicted molar refractivity (Wildman–Crippen MR) is 172 cm³/mol. The highest BCUT2D eigenvalue weighted by molar-refractivity contribution is 5.97. The van der Waals surface area contributed by atoms with Gasteiger partial charge in [0.2, 0.25) is 0 Å². The van der Waals surface area contributed by atoms with Crippen LogP contribution in [-0.2, 0) is 19.4 Å². The zero-order chi connectivity index (χ0) is 32.4. The molecule has 234 valence electrons. The van der Waals surface area contributed by atoms with Crippen LogP contribution < -0.4 is 38.0 Å². The molecule has 1 aliphatic carbocycles. The number of nitrogens with one attached hydrogen (secondary N) is 2. The first kappa shape index (κ1) is 30.2. The molecule has 6 rings (SSSR count). The van der Waals surface area contributed by atoms with Gasteiger partial charge in [-0.05, 0) is 83.7 Å². The minimum Gasteiger partial charge on any atom is -0.394 e. The highest BCUT2D eigenvalue weighted by atomic mass is 16.2. The minimum absolute atomic E-state index is 0.0147. The van der Waals surface area contributed by atoms with Gasteiger partial charge < -0.3 is 27.1 Å². The summed E-state index contributed by atoms with van der Waals surface area (Å²) in [4.78, 5) is 60.4. The van der Waals surface area contributed by atoms with Crippen LogP contribution in [0.25, 0.3) is 0 Å². The number of anilines is 3. The number of carbonyl (C=O) groups is 2. The summed E-state index contributed by atoms with van der Waals surface area (Å²) in [6, 6.07) is 10.8. The fraction of sp³-hybridized carbons (Fsp3) is 0.281. The highest BCUT2D eigenvalue weighted by Crippen LogP contribution is 2.35. The van der Waals surface area contributed by atoms with Crippen molar-refractivity contribution in [3.63, 3.8) is 0 Å². The third kappa shape index (κ3) is 5.72. The lowest BCUT2D eigenvalue weighted by Gasteiger charge is -2.27. The molecule has 2 heterocycles. The van der Waals surface area contributed by atoms with Crippen molar-refractivity contribution in [1.82, 2.24) is 20.6 Å². The first-order chi connectivity index (χ1) is 22.3. The third-order valence-electron chi connectivity index (χ3n) is 8.64. The molecule has 14 nitrogen and oxygen atoms in total. The maximum absolute atomic E-state index is 13.2. The quantitative estimate of drug-likeness (QED) is 0.0748. The molecule has 0 bridgehead atoms. The smallest absolute Gasteiger partial charge is 0.270 e. The summed E-state index contributed by atoms with van der Waals surface area (Å²) in [5.41, 5.74) is 11.7. The van der Waals surface area contributed by atoms with Gasteiger partial charge in [0.1, 0.15) is 29.1 Å². The van der Waals surface area contributed by atoms with Gasteiger partial charge in [0.15, 0.2) is 0 Å². The van der Waals surface area contributed by atoms with Gasteiger partial charge in [0.25, 0.3) is 22.7 Å². The van der Waals surface area contributed by atoms with Gasteiger partial charge in [-0.15, -0.1) is 5.10 Å². The summed E-state index contributed by atoms with van der Waals surface area (Å²) >= 11 is 0. The topological polar surface area (TPSA) is 210 Å². The second kappa shape index (κ2) is 12.7. The van der Waals surface area contributed by atoms with Crippen molar-refractivity contribution in [2.75, 3.05) is 17.2 Å². The summed E-state index contributed by atoms with van der Waals surface area (Å²) in [6.45, 7) is 2.73. The van der Waals surface area contributed by atoms with E-state index in [4.69, 9.17) is 11.6 Å². The number of amides is 2. The zero-order valence-corrected chi connectivity index (χ0v) is 25.1. The van der Waals surface area contributed by atoms with E-state index in [1.807, 2.05) is 42.2 Å². The normalized spacial score (nSPS) is 16.0. The Balaban J connectivity index is 1.12. The summed E-state index contributed by atoms with van der Waals surface area (Å²) in [6.07, 6.45) is 6.88. The molecule has 4 aromatic rings. The molecule has 6 N–H and O–H groups in total. The van der Waals surface area contributed by atoms with Gasteiger partial charge in [0, 0.05) is 24.8 Å². The van der Waals surface area contributed by atoms with E-state index in [-0.39, 0.29) is 35.3 Å². The predicted octanol–water partition coefficient (Wildman–Crippen LogP) is 2.44. The molecule has 0 fully saturated rings. The number of fused-ring (bicyclic) bond motifs is 2. The first-order valence-corrected chi connectivity index (χ1v) is 14.9. The summed E-state index contributed by atoms with van der Waals surface area (Å²) in [5, 5.41) is 16.2. The van der Waals surface area contributed by atoms with E-state index < -0.39 is 22.7 Å². The van der Waals surface area contributed by atoms with Gasteiger partial charge in [-0.1, -0.05) is 29.5 Å². The number of nitrogens with two attached hydrogens (primary N) is 2. The van der Waals surface area contributed by atoms with Crippen molar-refractivity contribution in [2.45, 2.75) is 51.6 Å². The average Bonchev–Trinajstić information content (AvgIpc) is 3.37. The van der Waals surface area contributed by atoms with Gasteiger partial charge >= 0.3 is 0 Å². The van der Waals surface area contributed by atoms with Gasteiger partial charge in [-0.3, -0.25) is 19.2 Å². The van der Waals surface area contributed by atoms with Crippen LogP contribution in [0.3, 0.4) is 0 Å². The molecule has 3 aromatic carbocycles. The molecular weight excluding hydrogens is 588 g/mol. The Kier molecular flexibility index (Phi) is 8.33. The maximum atomic E-state index is 13.2. The average molecular weight is 621 g/mol. The van der Waals surface area contributed by atoms with E-state index in [2.05, 4.69) is 36.1 Å². The largest absolute Gasteiger partial charge is 0.394 e. The fourth-order valence-corrected chi connectivity index (χ4v) is 6.20. The number of aryl methyl sites for hydroxylation is 1. The Morgan fingerprint density at radius 1 is 1.04 bits per heavy atom. The summed E-state index contributed by atoms with van der Waals surface area (Å²) < 4.78 is 0. The lowest BCUT2D eigenvalue weighted by molar-refractivity contribution is 0.0931. The first-order valence-electron chi connectivity index (χ1n) is 14.9. The molecule has 0 saturated heterocycles. The molecule has 1 aromatic heterocycles. The Bertz CT molecular complexity index is 1980. The Morgan fingerprint density at radius 2 is 1.85 bits per heavy atom. The summed E-state index contributed by atoms with van der Waals surface area (Å²) in [5.74, 6) is 4.12. The molecule has 14 heteroatoms. The van der Waals surface area contributed by atoms with Crippen LogP contribution in [0.15, 0.2) is 67.9 Å². The second-order valence-corrected chi connectivity index (χ2v) is 11.3. The van der Waals surface area contributed by atoms with Crippen LogP contribution in [-0.4, -0.2) is 34.5 Å². The van der Waals surface area contributed by atoms with E-state index in [0.29, 0.717) is 6.54 Å². The van der Waals surface area contributed by atoms with Gasteiger partial charge in [-0.25, -0.2) is 9.97 Å². The van der Waals surface area contributed by atoms with Crippen LogP contribution in [0, 0.1) is 6.92 Å². The number of rotatable bonds is 8. The van der Waals surface area contributed by atoms with E-state index >= 15 is 0 Å². The Morgan fingerprint density at radius 3 is 2.63 bits per heavy atom. The maximum Gasteiger partial charge on any atom is 0.270 e. The molecule has 0 radical (unpaired) electrons. The molecule has 2 aliphatic rings. The number of nitrogen functional groups attached to an aromatic ring is 1. The van der Waals surface area contributed by atoms with Gasteiger partial charge in [-0.2, -0.15) is 0 Å². The van der Waals surface area contributed by atoms with Crippen LogP contribution in [0.5, 0.6) is 0 Å². The van der Waals surface area contributed by atoms with E-state index in [1.54, 1.807) is 6.21 Å². The number of benzene rings is 2. The number of nitrogens with zero attached hydrogens (tertiary/aromatic N) is 6. The molecule has 46 heavy (non-hydrogen) atoms. The highest BCUT2D eigenvalue weighted by Gasteiger charge is 2.29. The van der Waals surface area contributed by atoms with Crippen molar-refractivity contribution in [2.24, 2.45) is 21.4 Å². The SMILES string of the molecule is Cc1c(/C=N/N=N\N)ccc2c1CC[C@@H]2NC(=O)c1cc(C(=O)NCc2ccc3c(c2)N(c2c(N)c(=O)c2=O)CCCC3)ncn1. The van der Waals surface area contributed by atoms with Crippen LogP contribution in [0.1, 0.15) is 79.7 Å². The minimum atomic E-state index is -0.655. The van der Waals surface area contributed by atoms with E-state index in [0.717, 1.165) is 71.2 Å². The fourth-order valence-electron chi connectivity index (χ4n) is 6.20. The monoisotopic (exact) mass is 620 g/mol. The van der Waals surface area contributed by atoms with Crippen molar-refractivity contribution in [3.05, 3.63) is 108 Å². The number of hydrogen-bond donors (Lipinski definition) is 4. The molecule has 0 saturated carbocycles. The third-order valence-corrected chi connectivity index (χ3v) is 8.64. The Labute approximate surface area is 263 Å². The van der Waals surface area contributed by atoms with Gasteiger partial charge in [0.05, 0.1) is 12.3 Å². The van der Waals surface area contributed by atoms with Crippen LogP contribution in [0.4, 0.5) is 17.1 Å². The van der Waals surface area contributed by atoms with Crippen LogP contribution >= 0.6 is 0 Å². The molecule has 1 atom stereocenters. The van der Waals surface area contributed by atoms with Crippen molar-refractivity contribution in [1.29, 1.82) is 0 Å². The molecule has 2 amide bonds. The molecule has 0 spiro atoms. The van der Waals surface area contributed by atoms with Crippen LogP contribution in [0.2, 0.25) is 0 Å². The van der Waals surface area contributed by atoms with Crippen molar-refractivity contribution in [3.8, 4) is 0 Å². The number of hydrogen-bond acceptors (Lipinski definition) is 10. The summed E-state index contributed by atoms with van der Waals surface area (Å²) in [7, 11) is 0. The standard InChI is InChI=1S/C32H32N10O4/c1-17-20(15-38-41-40-34)7-8-22-21(17)9-10-23(22)39-32(46)25-13-24(36-16-37-25)31(45)35-14-18-5-6-19-4-2-3-11-42(26(19)12-18)28-27(33)29(43)30(28)44/h5-8,12-13,15-16,23H,2-4,9-11,14,33H2,1H3,(H2,34,41)(H,35,45)(H,39,46)/b38-15+/t23-/m0/s1. The lowest BCUT2D eigenvalue weighted by atomic mass is 9.98. The second-order valence-electron chi connectivity index (χ2n) is 11.3. The molecule has 1 aliphatic heterocycles. The zero-order valence-electron chi connectivity index (χ0n) is 25.1. The van der Waals surface area contributed by atoms with Crippen molar-refractivity contribution >= 4 is 35.1 Å². The lowest BCUT2D eigenvalue weighted by Crippen LogP contribution is -2.41. The van der Waals surface area contributed by atoms with E-state index in [1.165, 1.54) is 12.4 Å². The molecule has 0 unspecified atom stereocenters. The number of aromatic nitrogens is 2. The molecular formula is C32H32N10O4.